The van der Waals surface area contributed by atoms with Gasteiger partial charge in [-0.15, -0.1) is 11.3 Å². The normalized spacial score (nSPS) is 20.2. The van der Waals surface area contributed by atoms with Crippen LogP contribution in [0, 0.1) is 12.3 Å². The van der Waals surface area contributed by atoms with Gasteiger partial charge in [0, 0.05) is 20.2 Å². The third kappa shape index (κ3) is 3.50. The monoisotopic (exact) mass is 374 g/mol. The lowest BCUT2D eigenvalue weighted by molar-refractivity contribution is -0.155. The summed E-state index contributed by atoms with van der Waals surface area (Å²) in [4.78, 5) is 32.0. The zero-order valence-electron chi connectivity index (χ0n) is 14.9. The van der Waals surface area contributed by atoms with E-state index in [0.29, 0.717) is 30.6 Å². The summed E-state index contributed by atoms with van der Waals surface area (Å²) in [5.41, 5.74) is 0.968. The zero-order chi connectivity index (χ0) is 18.7. The van der Waals surface area contributed by atoms with Crippen molar-refractivity contribution in [3.8, 4) is 10.6 Å². The van der Waals surface area contributed by atoms with Gasteiger partial charge in [0.05, 0.1) is 28.4 Å². The summed E-state index contributed by atoms with van der Waals surface area (Å²) in [7, 11) is 1.49. The first-order valence-corrected chi connectivity index (χ1v) is 9.38. The minimum absolute atomic E-state index is 0.0979. The first-order valence-electron chi connectivity index (χ1n) is 8.50. The second kappa shape index (κ2) is 7.55. The molecule has 0 bridgehead atoms. The molecule has 1 aliphatic rings. The Labute approximate surface area is 156 Å². The second-order valence-electron chi connectivity index (χ2n) is 6.66. The smallest absolute Gasteiger partial charge is 0.313 e. The highest BCUT2D eigenvalue weighted by atomic mass is 32.1. The average Bonchev–Trinajstić information content (AvgIpc) is 3.16. The number of carbonyl (C=O) groups is 2. The number of hydrogen-bond acceptors (Lipinski definition) is 5. The third-order valence-corrected chi connectivity index (χ3v) is 5.72. The van der Waals surface area contributed by atoms with Crippen LogP contribution < -0.4 is 0 Å². The number of aryl methyl sites for hydroxylation is 1. The fourth-order valence-electron chi connectivity index (χ4n) is 3.45. The molecule has 2 aromatic heterocycles. The van der Waals surface area contributed by atoms with E-state index in [0.717, 1.165) is 10.6 Å². The molecule has 6 nitrogen and oxygen atoms in total. The number of ether oxygens (including phenoxy) is 1. The van der Waals surface area contributed by atoms with Crippen molar-refractivity contribution in [2.45, 2.75) is 19.8 Å². The molecule has 0 aliphatic carbocycles. The van der Waals surface area contributed by atoms with Gasteiger partial charge in [0.2, 0.25) is 0 Å². The maximum atomic E-state index is 13.0. The number of carbonyl (C=O) groups excluding carboxylic acids is 1. The number of hydrogen-bond donors (Lipinski definition) is 1. The van der Waals surface area contributed by atoms with Crippen molar-refractivity contribution in [1.82, 2.24) is 9.88 Å². The van der Waals surface area contributed by atoms with Gasteiger partial charge >= 0.3 is 5.97 Å². The van der Waals surface area contributed by atoms with E-state index in [4.69, 9.17) is 4.74 Å². The zero-order valence-corrected chi connectivity index (χ0v) is 15.7. The summed E-state index contributed by atoms with van der Waals surface area (Å²) in [6, 6.07) is 7.58. The number of nitrogens with zero attached hydrogens (tertiary/aromatic N) is 2. The van der Waals surface area contributed by atoms with Crippen LogP contribution in [0.1, 0.15) is 28.9 Å². The van der Waals surface area contributed by atoms with Crippen molar-refractivity contribution in [1.29, 1.82) is 0 Å². The molecule has 0 spiro atoms. The number of carboxylic acids is 1. The van der Waals surface area contributed by atoms with Gasteiger partial charge in [0.25, 0.3) is 5.91 Å². The van der Waals surface area contributed by atoms with Crippen LogP contribution in [0.3, 0.4) is 0 Å². The number of carboxylic acid groups (broad SMARTS) is 1. The average molecular weight is 374 g/mol. The van der Waals surface area contributed by atoms with E-state index in [9.17, 15) is 14.7 Å². The van der Waals surface area contributed by atoms with Crippen molar-refractivity contribution in [2.75, 3.05) is 26.8 Å². The van der Waals surface area contributed by atoms with Gasteiger partial charge in [-0.05, 0) is 43.3 Å². The molecule has 1 amide bonds. The molecule has 0 aromatic carbocycles. The van der Waals surface area contributed by atoms with Crippen LogP contribution in [0.4, 0.5) is 0 Å². The molecule has 3 heterocycles. The fourth-order valence-corrected chi connectivity index (χ4v) is 4.15. The molecule has 1 N–H and O–H groups in total. The van der Waals surface area contributed by atoms with Crippen LogP contribution >= 0.6 is 11.3 Å². The molecular weight excluding hydrogens is 352 g/mol. The largest absolute Gasteiger partial charge is 0.481 e. The minimum Gasteiger partial charge on any atom is -0.481 e. The van der Waals surface area contributed by atoms with E-state index in [2.05, 4.69) is 4.98 Å². The number of amides is 1. The molecule has 1 unspecified atom stereocenters. The Hall–Kier alpha value is -2.25. The van der Waals surface area contributed by atoms with E-state index >= 15 is 0 Å². The molecule has 2 aromatic rings. The number of methoxy groups -OCH3 is 1. The Bertz CT molecular complexity index is 802. The van der Waals surface area contributed by atoms with Crippen LogP contribution in [0.15, 0.2) is 29.6 Å². The summed E-state index contributed by atoms with van der Waals surface area (Å²) in [5.74, 6) is -1.09. The summed E-state index contributed by atoms with van der Waals surface area (Å²) in [6.45, 7) is 2.61. The number of aliphatic carboxylic acids is 1. The minimum atomic E-state index is -1.04. The summed E-state index contributed by atoms with van der Waals surface area (Å²) in [6.07, 6.45) is 1.15. The Balaban J connectivity index is 1.83. The second-order valence-corrected chi connectivity index (χ2v) is 7.60. The van der Waals surface area contributed by atoms with E-state index in [1.54, 1.807) is 22.3 Å². The molecule has 1 fully saturated rings. The molecule has 0 radical (unpaired) electrons. The predicted molar refractivity (Wildman–Crippen MR) is 99.4 cm³/mol. The van der Waals surface area contributed by atoms with Crippen molar-refractivity contribution in [3.05, 3.63) is 40.9 Å². The number of likely N-dealkylation sites (tertiary alicyclic amines) is 1. The third-order valence-electron chi connectivity index (χ3n) is 4.83. The summed E-state index contributed by atoms with van der Waals surface area (Å²) >= 11 is 1.60. The molecule has 26 heavy (non-hydrogen) atoms. The Morgan fingerprint density at radius 2 is 2.19 bits per heavy atom. The maximum Gasteiger partial charge on any atom is 0.313 e. The maximum absolute atomic E-state index is 13.0. The van der Waals surface area contributed by atoms with Crippen LogP contribution in [0.25, 0.3) is 10.6 Å². The quantitative estimate of drug-likeness (QED) is 0.870. The standard InChI is InChI=1S/C19H22N2O4S/c1-13-14(6-7-15(20-13)16-5-3-10-26-16)17(22)21-9-4-8-19(11-21,12-25-2)18(23)24/h3,5-7,10H,4,8-9,11-12H2,1-2H3,(H,23,24). The first-order chi connectivity index (χ1) is 12.5. The Morgan fingerprint density at radius 1 is 1.38 bits per heavy atom. The molecule has 138 valence electrons. The van der Waals surface area contributed by atoms with Crippen molar-refractivity contribution in [3.63, 3.8) is 0 Å². The number of thiophene rings is 1. The molecule has 1 atom stereocenters. The van der Waals surface area contributed by atoms with Crippen molar-refractivity contribution in [2.24, 2.45) is 5.41 Å². The Kier molecular flexibility index (Phi) is 5.38. The molecule has 7 heteroatoms. The van der Waals surface area contributed by atoms with Gasteiger partial charge in [-0.3, -0.25) is 14.6 Å². The van der Waals surface area contributed by atoms with Gasteiger partial charge in [-0.2, -0.15) is 0 Å². The molecule has 3 rings (SSSR count). The molecular formula is C19H22N2O4S. The van der Waals surface area contributed by atoms with Crippen molar-refractivity contribution < 1.29 is 19.4 Å². The highest BCUT2D eigenvalue weighted by Gasteiger charge is 2.44. The molecule has 1 aliphatic heterocycles. The fraction of sp³-hybridized carbons (Fsp3) is 0.421. The lowest BCUT2D eigenvalue weighted by atomic mass is 9.80. The number of aromatic nitrogens is 1. The van der Waals surface area contributed by atoms with Crippen LogP contribution in [-0.4, -0.2) is 53.7 Å². The van der Waals surface area contributed by atoms with Crippen LogP contribution in [0.5, 0.6) is 0 Å². The summed E-state index contributed by atoms with van der Waals surface area (Å²) in [5, 5.41) is 11.6. The topological polar surface area (TPSA) is 79.7 Å². The molecule has 0 saturated carbocycles. The van der Waals surface area contributed by atoms with Gasteiger partial charge in [-0.1, -0.05) is 6.07 Å². The highest BCUT2D eigenvalue weighted by Crippen LogP contribution is 2.32. The van der Waals surface area contributed by atoms with E-state index in [1.807, 2.05) is 30.5 Å². The summed E-state index contributed by atoms with van der Waals surface area (Å²) < 4.78 is 5.13. The Morgan fingerprint density at radius 3 is 2.81 bits per heavy atom. The predicted octanol–water partition coefficient (Wildman–Crippen LogP) is 3.07. The van der Waals surface area contributed by atoms with Crippen LogP contribution in [0.2, 0.25) is 0 Å². The number of rotatable bonds is 5. The van der Waals surface area contributed by atoms with Gasteiger partial charge < -0.3 is 14.7 Å². The highest BCUT2D eigenvalue weighted by molar-refractivity contribution is 7.13. The SMILES string of the molecule is COCC1(C(=O)O)CCCN(C(=O)c2ccc(-c3cccs3)nc2C)C1. The van der Waals surface area contributed by atoms with Gasteiger partial charge in [-0.25, -0.2) is 0 Å². The van der Waals surface area contributed by atoms with Gasteiger partial charge in [0.15, 0.2) is 0 Å². The lowest BCUT2D eigenvalue weighted by Gasteiger charge is -2.39. The van der Waals surface area contributed by atoms with Crippen LogP contribution in [-0.2, 0) is 9.53 Å². The van der Waals surface area contributed by atoms with Gasteiger partial charge in [0.1, 0.15) is 5.41 Å². The number of piperidine rings is 1. The number of pyridine rings is 1. The van der Waals surface area contributed by atoms with E-state index < -0.39 is 11.4 Å². The first kappa shape index (κ1) is 18.5. The lowest BCUT2D eigenvalue weighted by Crippen LogP contribution is -2.52. The molecule has 1 saturated heterocycles. The van der Waals surface area contributed by atoms with E-state index in [-0.39, 0.29) is 19.1 Å². The van der Waals surface area contributed by atoms with Crippen molar-refractivity contribution >= 4 is 23.2 Å². The van der Waals surface area contributed by atoms with E-state index in [1.165, 1.54) is 7.11 Å².